The second-order valence-corrected chi connectivity index (χ2v) is 17.7. The van der Waals surface area contributed by atoms with Crippen molar-refractivity contribution in [1.82, 2.24) is 19.5 Å². The van der Waals surface area contributed by atoms with Gasteiger partial charge in [-0.2, -0.15) is 0 Å². The Morgan fingerprint density at radius 1 is 0.338 bits per heavy atom. The maximum atomic E-state index is 9.23. The van der Waals surface area contributed by atoms with E-state index in [1.54, 1.807) is 11.3 Å². The molecule has 318 valence electrons. The molecule has 0 fully saturated rings. The third kappa shape index (κ3) is 6.96. The number of hydrogen-bond acceptors (Lipinski definition) is 4. The fourth-order valence-electron chi connectivity index (χ4n) is 9.32. The van der Waals surface area contributed by atoms with Crippen LogP contribution in [-0.2, 0) is 0 Å². The molecule has 10 aromatic carbocycles. The lowest BCUT2D eigenvalue weighted by atomic mass is 9.94. The van der Waals surface area contributed by atoms with Crippen LogP contribution in [0.15, 0.2) is 243 Å². The predicted octanol–water partition coefficient (Wildman–Crippen LogP) is 17.0. The molecule has 0 amide bonds. The van der Waals surface area contributed by atoms with Gasteiger partial charge in [-0.25, -0.2) is 15.0 Å². The zero-order chi connectivity index (χ0) is 50.2. The average Bonchev–Trinajstić information content (AvgIpc) is 4.06. The van der Waals surface area contributed by atoms with Gasteiger partial charge in [0.05, 0.1) is 24.9 Å². The SMILES string of the molecule is [2H]c1cc([2H])c2c(c1[2H])c1c([2H])c([2H])cc([2H])c1n2-c1ccc(-c2ccc(-c3cccc(-c4ccc(-c5nc(-c6ccccc6)nc(-c6ccccc6)n5)cc4)c3)cc2)cc1-c1cccc2c1sc1ccccc12. The number of rotatable bonds is 8. The summed E-state index contributed by atoms with van der Waals surface area (Å²) in [5.74, 6) is 1.84. The van der Waals surface area contributed by atoms with E-state index in [2.05, 4.69) is 115 Å². The largest absolute Gasteiger partial charge is 0.309 e. The van der Waals surface area contributed by atoms with Gasteiger partial charge in [-0.05, 0) is 69.7 Å². The summed E-state index contributed by atoms with van der Waals surface area (Å²) in [5.41, 5.74) is 12.1. The minimum absolute atomic E-state index is 0.00381. The number of hydrogen-bond donors (Lipinski definition) is 0. The lowest BCUT2D eigenvalue weighted by Gasteiger charge is -2.17. The number of nitrogens with zero attached hydrogens (tertiary/aromatic N) is 4. The summed E-state index contributed by atoms with van der Waals surface area (Å²) in [4.78, 5) is 14.7. The van der Waals surface area contributed by atoms with Crippen LogP contribution >= 0.6 is 11.3 Å². The highest BCUT2D eigenvalue weighted by atomic mass is 32.1. The summed E-state index contributed by atoms with van der Waals surface area (Å²) >= 11 is 1.71. The minimum atomic E-state index is -0.147. The van der Waals surface area contributed by atoms with Gasteiger partial charge in [-0.3, -0.25) is 0 Å². The zero-order valence-corrected chi connectivity index (χ0v) is 37.1. The van der Waals surface area contributed by atoms with Gasteiger partial charge in [0, 0.05) is 58.8 Å². The van der Waals surface area contributed by atoms with Gasteiger partial charge in [-0.1, -0.05) is 206 Å². The molecule has 13 rings (SSSR count). The van der Waals surface area contributed by atoms with Crippen molar-refractivity contribution in [1.29, 1.82) is 0 Å². The van der Waals surface area contributed by atoms with Gasteiger partial charge >= 0.3 is 0 Å². The molecule has 5 heteroatoms. The van der Waals surface area contributed by atoms with Gasteiger partial charge < -0.3 is 4.57 Å². The maximum Gasteiger partial charge on any atom is 0.164 e. The van der Waals surface area contributed by atoms with Crippen LogP contribution in [0, 0.1) is 0 Å². The van der Waals surface area contributed by atoms with Crippen molar-refractivity contribution in [2.45, 2.75) is 0 Å². The van der Waals surface area contributed by atoms with Gasteiger partial charge in [0.2, 0.25) is 0 Å². The first-order valence-electron chi connectivity index (χ1n) is 25.4. The summed E-state index contributed by atoms with van der Waals surface area (Å²) in [6, 6.07) is 68.4. The molecule has 0 saturated heterocycles. The molecule has 0 saturated carbocycles. The first-order valence-corrected chi connectivity index (χ1v) is 23.2. The molecular formula is C63H40N4S. The number of fused-ring (bicyclic) bond motifs is 6. The van der Waals surface area contributed by atoms with Crippen LogP contribution in [0.5, 0.6) is 0 Å². The molecular weight excluding hydrogens is 845 g/mol. The van der Waals surface area contributed by atoms with Gasteiger partial charge in [-0.15, -0.1) is 11.3 Å². The van der Waals surface area contributed by atoms with E-state index in [1.807, 2.05) is 83.4 Å². The molecule has 0 aliphatic heterocycles. The zero-order valence-electron chi connectivity index (χ0n) is 42.3. The molecule has 13 aromatic rings. The summed E-state index contributed by atoms with van der Waals surface area (Å²) in [7, 11) is 0. The molecule has 0 bridgehead atoms. The van der Waals surface area contributed by atoms with Crippen LogP contribution in [0.2, 0.25) is 0 Å². The number of benzene rings is 10. The highest BCUT2D eigenvalue weighted by Crippen LogP contribution is 2.44. The van der Waals surface area contributed by atoms with E-state index in [9.17, 15) is 2.74 Å². The second-order valence-electron chi connectivity index (χ2n) is 16.7. The summed E-state index contributed by atoms with van der Waals surface area (Å²) in [5, 5.41) is 2.73. The van der Waals surface area contributed by atoms with E-state index in [0.29, 0.717) is 34.2 Å². The lowest BCUT2D eigenvalue weighted by molar-refractivity contribution is 1.07. The monoisotopic (exact) mass is 890 g/mol. The maximum absolute atomic E-state index is 9.23. The molecule has 0 aliphatic rings. The normalized spacial score (nSPS) is 12.8. The van der Waals surface area contributed by atoms with E-state index >= 15 is 0 Å². The van der Waals surface area contributed by atoms with Crippen LogP contribution in [-0.4, -0.2) is 19.5 Å². The Labute approximate surface area is 406 Å². The van der Waals surface area contributed by atoms with E-state index in [1.165, 1.54) is 12.1 Å². The third-order valence-corrected chi connectivity index (χ3v) is 13.9. The minimum Gasteiger partial charge on any atom is -0.309 e. The summed E-state index contributed by atoms with van der Waals surface area (Å²) < 4.78 is 57.8. The van der Waals surface area contributed by atoms with Crippen molar-refractivity contribution >= 4 is 53.3 Å². The number of thiophene rings is 1. The molecule has 0 radical (unpaired) electrons. The first kappa shape index (κ1) is 33.7. The molecule has 3 aromatic heterocycles. The third-order valence-electron chi connectivity index (χ3n) is 12.6. The van der Waals surface area contributed by atoms with E-state index in [4.69, 9.17) is 20.4 Å². The lowest BCUT2D eigenvalue weighted by Crippen LogP contribution is -2.00. The molecule has 4 nitrogen and oxygen atoms in total. The van der Waals surface area contributed by atoms with Crippen LogP contribution < -0.4 is 0 Å². The molecule has 0 unspecified atom stereocenters. The number of aromatic nitrogens is 4. The Morgan fingerprint density at radius 2 is 0.794 bits per heavy atom. The van der Waals surface area contributed by atoms with Gasteiger partial charge in [0.25, 0.3) is 0 Å². The van der Waals surface area contributed by atoms with E-state index in [-0.39, 0.29) is 47.0 Å². The quantitative estimate of drug-likeness (QED) is 0.153. The van der Waals surface area contributed by atoms with E-state index < -0.39 is 0 Å². The van der Waals surface area contributed by atoms with Gasteiger partial charge in [0.15, 0.2) is 17.5 Å². The fraction of sp³-hybridized carbons (Fsp3) is 0. The summed E-state index contributed by atoms with van der Waals surface area (Å²) in [6.07, 6.45) is 0. The Morgan fingerprint density at radius 3 is 1.38 bits per heavy atom. The first-order chi connectivity index (χ1) is 36.2. The van der Waals surface area contributed by atoms with Crippen molar-refractivity contribution in [2.24, 2.45) is 0 Å². The Bertz CT molecular complexity index is 4240. The second kappa shape index (κ2) is 16.6. The molecule has 0 spiro atoms. The highest BCUT2D eigenvalue weighted by molar-refractivity contribution is 7.26. The van der Waals surface area contributed by atoms with Gasteiger partial charge in [0.1, 0.15) is 0 Å². The van der Waals surface area contributed by atoms with E-state index in [0.717, 1.165) is 81.4 Å². The van der Waals surface area contributed by atoms with Crippen molar-refractivity contribution < 1.29 is 8.22 Å². The molecule has 0 aliphatic carbocycles. The molecule has 3 heterocycles. The highest BCUT2D eigenvalue weighted by Gasteiger charge is 2.20. The van der Waals surface area contributed by atoms with Crippen molar-refractivity contribution in [3.63, 3.8) is 0 Å². The topological polar surface area (TPSA) is 43.6 Å². The Balaban J connectivity index is 0.887. The molecule has 0 N–H and O–H groups in total. The predicted molar refractivity (Wildman–Crippen MR) is 285 cm³/mol. The summed E-state index contributed by atoms with van der Waals surface area (Å²) in [6.45, 7) is 0. The number of para-hydroxylation sites is 2. The Kier molecular flexibility index (Phi) is 8.21. The van der Waals surface area contributed by atoms with Crippen LogP contribution in [0.25, 0.3) is 126 Å². The standard InChI is InChI=1S/C63H40N4S/c1-3-15-44(16-4-1)61-64-62(45-17-5-2-6-18-45)66-63(65-61)46-35-33-42(34-36-46)48-20-13-19-47(39-48)41-29-31-43(32-30-41)49-37-38-58(67-56-26-10-7-21-50(56)51-22-8-11-27-57(51)67)55(40-49)54-25-14-24-53-52-23-9-12-28-59(52)68-60(53)54/h1-40H/i7D,8D,21D,22D,26D,27D. The van der Waals surface area contributed by atoms with Crippen LogP contribution in [0.4, 0.5) is 0 Å². The van der Waals surface area contributed by atoms with Crippen molar-refractivity contribution in [3.05, 3.63) is 243 Å². The molecule has 68 heavy (non-hydrogen) atoms. The van der Waals surface area contributed by atoms with Crippen molar-refractivity contribution in [3.8, 4) is 84.4 Å². The molecule has 0 atom stereocenters. The smallest absolute Gasteiger partial charge is 0.164 e. The fourth-order valence-corrected chi connectivity index (χ4v) is 10.6. The Hall–Kier alpha value is -8.77. The van der Waals surface area contributed by atoms with Crippen molar-refractivity contribution in [2.75, 3.05) is 0 Å². The van der Waals surface area contributed by atoms with Crippen LogP contribution in [0.1, 0.15) is 8.22 Å². The average molecular weight is 891 g/mol. The van der Waals surface area contributed by atoms with Crippen LogP contribution in [0.3, 0.4) is 0 Å².